The number of para-hydroxylation sites is 1. The van der Waals surface area contributed by atoms with Gasteiger partial charge in [0.05, 0.1) is 19.2 Å². The molecule has 0 aliphatic heterocycles. The van der Waals surface area contributed by atoms with Crippen molar-refractivity contribution in [2.24, 2.45) is 0 Å². The van der Waals surface area contributed by atoms with Gasteiger partial charge in [-0.2, -0.15) is 0 Å². The number of methoxy groups -OCH3 is 1. The van der Waals surface area contributed by atoms with Gasteiger partial charge in [0.15, 0.2) is 5.13 Å². The highest BCUT2D eigenvalue weighted by Gasteiger charge is 2.07. The van der Waals surface area contributed by atoms with Crippen molar-refractivity contribution >= 4 is 22.4 Å². The predicted molar refractivity (Wildman–Crippen MR) is 79.9 cm³/mol. The summed E-state index contributed by atoms with van der Waals surface area (Å²) in [5.41, 5.74) is 7.31. The number of nitrogens with two attached hydrogens (primary N) is 1. The number of carbonyl (C=O) groups excluding carboxylic acids is 1. The van der Waals surface area contributed by atoms with Crippen LogP contribution in [0.3, 0.4) is 0 Å². The Morgan fingerprint density at radius 2 is 2.25 bits per heavy atom. The van der Waals surface area contributed by atoms with Gasteiger partial charge in [0.1, 0.15) is 5.75 Å². The molecule has 0 unspecified atom stereocenters. The molecule has 0 fully saturated rings. The third-order valence-electron chi connectivity index (χ3n) is 2.82. The molecule has 6 heteroatoms. The molecule has 0 radical (unpaired) electrons. The van der Waals surface area contributed by atoms with Gasteiger partial charge >= 0.3 is 0 Å². The third-order valence-corrected chi connectivity index (χ3v) is 3.54. The maximum absolute atomic E-state index is 11.7. The largest absolute Gasteiger partial charge is 0.496 e. The molecule has 20 heavy (non-hydrogen) atoms. The zero-order valence-corrected chi connectivity index (χ0v) is 12.1. The molecule has 2 rings (SSSR count). The SMILES string of the molecule is COc1ccccc1CCNC(=O)Cc1csc(N)n1. The molecule has 0 saturated carbocycles. The van der Waals surface area contributed by atoms with Crippen molar-refractivity contribution in [2.75, 3.05) is 19.4 Å². The Hall–Kier alpha value is -2.08. The number of nitrogens with zero attached hydrogens (tertiary/aromatic N) is 1. The van der Waals surface area contributed by atoms with Crippen LogP contribution in [0.25, 0.3) is 0 Å². The molecule has 1 aromatic heterocycles. The molecule has 5 nitrogen and oxygen atoms in total. The molecular weight excluding hydrogens is 274 g/mol. The lowest BCUT2D eigenvalue weighted by Gasteiger charge is -2.08. The van der Waals surface area contributed by atoms with Gasteiger partial charge in [-0.05, 0) is 18.1 Å². The number of hydrogen-bond acceptors (Lipinski definition) is 5. The second kappa shape index (κ2) is 6.91. The normalized spacial score (nSPS) is 10.2. The summed E-state index contributed by atoms with van der Waals surface area (Å²) in [6, 6.07) is 7.78. The number of rotatable bonds is 6. The first-order chi connectivity index (χ1) is 9.69. The maximum atomic E-state index is 11.7. The van der Waals surface area contributed by atoms with Gasteiger partial charge in [-0.25, -0.2) is 4.98 Å². The van der Waals surface area contributed by atoms with E-state index in [1.807, 2.05) is 24.3 Å². The molecule has 2 aromatic rings. The summed E-state index contributed by atoms with van der Waals surface area (Å²) in [5.74, 6) is 0.791. The minimum absolute atomic E-state index is 0.0507. The van der Waals surface area contributed by atoms with Crippen molar-refractivity contribution in [3.05, 3.63) is 40.9 Å². The maximum Gasteiger partial charge on any atom is 0.226 e. The molecule has 0 bridgehead atoms. The number of nitrogens with one attached hydrogen (secondary N) is 1. The fourth-order valence-corrected chi connectivity index (χ4v) is 2.44. The van der Waals surface area contributed by atoms with Crippen LogP contribution in [-0.4, -0.2) is 24.5 Å². The minimum atomic E-state index is -0.0507. The lowest BCUT2D eigenvalue weighted by atomic mass is 10.1. The Bertz CT molecular complexity index is 583. The van der Waals surface area contributed by atoms with Crippen LogP contribution < -0.4 is 15.8 Å². The second-order valence-electron chi connectivity index (χ2n) is 4.27. The van der Waals surface area contributed by atoms with E-state index >= 15 is 0 Å². The quantitative estimate of drug-likeness (QED) is 0.848. The molecule has 0 atom stereocenters. The van der Waals surface area contributed by atoms with Crippen molar-refractivity contribution in [1.82, 2.24) is 10.3 Å². The van der Waals surface area contributed by atoms with E-state index in [-0.39, 0.29) is 12.3 Å². The molecule has 0 saturated heterocycles. The van der Waals surface area contributed by atoms with Gasteiger partial charge in [0.25, 0.3) is 0 Å². The molecule has 106 valence electrons. The fourth-order valence-electron chi connectivity index (χ4n) is 1.88. The number of nitrogen functional groups attached to an aromatic ring is 1. The van der Waals surface area contributed by atoms with E-state index in [9.17, 15) is 4.79 Å². The van der Waals surface area contributed by atoms with E-state index in [2.05, 4.69) is 10.3 Å². The van der Waals surface area contributed by atoms with Crippen LogP contribution in [0.4, 0.5) is 5.13 Å². The van der Waals surface area contributed by atoms with E-state index in [1.165, 1.54) is 11.3 Å². The van der Waals surface area contributed by atoms with Crippen LogP contribution in [0.2, 0.25) is 0 Å². The van der Waals surface area contributed by atoms with Crippen molar-refractivity contribution in [3.8, 4) is 5.75 Å². The second-order valence-corrected chi connectivity index (χ2v) is 5.16. The summed E-state index contributed by atoms with van der Waals surface area (Å²) in [6.07, 6.45) is 0.995. The summed E-state index contributed by atoms with van der Waals surface area (Å²) >= 11 is 1.34. The lowest BCUT2D eigenvalue weighted by Crippen LogP contribution is -2.27. The number of ether oxygens (including phenoxy) is 1. The van der Waals surface area contributed by atoms with Gasteiger partial charge in [0.2, 0.25) is 5.91 Å². The van der Waals surface area contributed by atoms with Crippen molar-refractivity contribution in [1.29, 1.82) is 0 Å². The summed E-state index contributed by atoms with van der Waals surface area (Å²) in [4.78, 5) is 15.8. The average molecular weight is 291 g/mol. The van der Waals surface area contributed by atoms with Crippen LogP contribution in [0.1, 0.15) is 11.3 Å². The molecule has 0 aliphatic carbocycles. The van der Waals surface area contributed by atoms with Crippen molar-refractivity contribution in [3.63, 3.8) is 0 Å². The molecular formula is C14H17N3O2S. The molecule has 1 heterocycles. The number of amides is 1. The number of hydrogen-bond donors (Lipinski definition) is 2. The Balaban J connectivity index is 1.79. The third kappa shape index (κ3) is 3.96. The monoisotopic (exact) mass is 291 g/mol. The highest BCUT2D eigenvalue weighted by Crippen LogP contribution is 2.17. The zero-order chi connectivity index (χ0) is 14.4. The summed E-state index contributed by atoms with van der Waals surface area (Å²) in [6.45, 7) is 0.568. The summed E-state index contributed by atoms with van der Waals surface area (Å²) in [5, 5.41) is 5.16. The van der Waals surface area contributed by atoms with E-state index in [1.54, 1.807) is 12.5 Å². The fraction of sp³-hybridized carbons (Fsp3) is 0.286. The van der Waals surface area contributed by atoms with Crippen molar-refractivity contribution < 1.29 is 9.53 Å². The molecule has 0 aliphatic rings. The smallest absolute Gasteiger partial charge is 0.226 e. The highest BCUT2D eigenvalue weighted by molar-refractivity contribution is 7.13. The Kier molecular flexibility index (Phi) is 4.95. The van der Waals surface area contributed by atoms with E-state index < -0.39 is 0 Å². The van der Waals surface area contributed by atoms with Crippen LogP contribution in [-0.2, 0) is 17.6 Å². The molecule has 1 aromatic carbocycles. The zero-order valence-electron chi connectivity index (χ0n) is 11.3. The van der Waals surface area contributed by atoms with Crippen molar-refractivity contribution in [2.45, 2.75) is 12.8 Å². The predicted octanol–water partition coefficient (Wildman–Crippen LogP) is 1.64. The van der Waals surface area contributed by atoms with Crippen LogP contribution in [0.15, 0.2) is 29.6 Å². The van der Waals surface area contributed by atoms with Gasteiger partial charge in [-0.15, -0.1) is 11.3 Å². The number of benzene rings is 1. The van der Waals surface area contributed by atoms with Gasteiger partial charge in [-0.1, -0.05) is 18.2 Å². The first-order valence-electron chi connectivity index (χ1n) is 6.27. The first-order valence-corrected chi connectivity index (χ1v) is 7.15. The van der Waals surface area contributed by atoms with Crippen LogP contribution in [0.5, 0.6) is 5.75 Å². The standard InChI is InChI=1S/C14H17N3O2S/c1-19-12-5-3-2-4-10(12)6-7-16-13(18)8-11-9-20-14(15)17-11/h2-5,9H,6-8H2,1H3,(H2,15,17)(H,16,18). The van der Waals surface area contributed by atoms with Gasteiger partial charge < -0.3 is 15.8 Å². The molecule has 3 N–H and O–H groups in total. The number of anilines is 1. The highest BCUT2D eigenvalue weighted by atomic mass is 32.1. The van der Waals surface area contributed by atoms with Crippen LogP contribution >= 0.6 is 11.3 Å². The Labute approximate surface area is 121 Å². The first kappa shape index (κ1) is 14.3. The van der Waals surface area contributed by atoms with Gasteiger partial charge in [0, 0.05) is 11.9 Å². The Morgan fingerprint density at radius 1 is 1.45 bits per heavy atom. The Morgan fingerprint density at radius 3 is 2.95 bits per heavy atom. The average Bonchev–Trinajstić information content (AvgIpc) is 2.84. The van der Waals surface area contributed by atoms with E-state index in [0.29, 0.717) is 17.4 Å². The number of carbonyl (C=O) groups is 1. The lowest BCUT2D eigenvalue weighted by molar-refractivity contribution is -0.120. The molecule has 1 amide bonds. The van der Waals surface area contributed by atoms with E-state index in [0.717, 1.165) is 17.7 Å². The summed E-state index contributed by atoms with van der Waals surface area (Å²) in [7, 11) is 1.64. The van der Waals surface area contributed by atoms with E-state index in [4.69, 9.17) is 10.5 Å². The van der Waals surface area contributed by atoms with Crippen LogP contribution in [0, 0.1) is 0 Å². The minimum Gasteiger partial charge on any atom is -0.496 e. The molecule has 0 spiro atoms. The topological polar surface area (TPSA) is 77.2 Å². The summed E-state index contributed by atoms with van der Waals surface area (Å²) < 4.78 is 5.27. The van der Waals surface area contributed by atoms with Gasteiger partial charge in [-0.3, -0.25) is 4.79 Å². The number of aromatic nitrogens is 1. The number of thiazole rings is 1.